The monoisotopic (exact) mass is 383 g/mol. The Balaban J connectivity index is 2.26. The minimum atomic E-state index is -4.73. The number of rotatable bonds is 4. The van der Waals surface area contributed by atoms with E-state index >= 15 is 0 Å². The molecule has 0 spiro atoms. The van der Waals surface area contributed by atoms with Crippen molar-refractivity contribution in [3.05, 3.63) is 35.4 Å². The molecule has 0 aromatic heterocycles. The molecule has 0 saturated carbocycles. The molecule has 26 heavy (non-hydrogen) atoms. The number of hydrogen-bond acceptors (Lipinski definition) is 2. The summed E-state index contributed by atoms with van der Waals surface area (Å²) >= 11 is 0. The molecule has 0 radical (unpaired) electrons. The smallest absolute Gasteiger partial charge is 0.378 e. The molecular formula is C17H19F6NO2. The summed E-state index contributed by atoms with van der Waals surface area (Å²) in [5.74, 6) is -4.48. The summed E-state index contributed by atoms with van der Waals surface area (Å²) in [5.41, 5.74) is -0.0282. The molecule has 0 bridgehead atoms. The lowest BCUT2D eigenvalue weighted by Crippen LogP contribution is -2.41. The van der Waals surface area contributed by atoms with Crippen LogP contribution in [0.25, 0.3) is 0 Å². The van der Waals surface area contributed by atoms with E-state index in [1.165, 1.54) is 19.2 Å². The summed E-state index contributed by atoms with van der Waals surface area (Å²) in [7, 11) is 1.38. The third-order valence-electron chi connectivity index (χ3n) is 4.53. The zero-order valence-electron chi connectivity index (χ0n) is 14.0. The second kappa shape index (κ2) is 7.85. The van der Waals surface area contributed by atoms with Crippen LogP contribution in [0.1, 0.15) is 41.1 Å². The fourth-order valence-corrected chi connectivity index (χ4v) is 3.15. The van der Waals surface area contributed by atoms with Gasteiger partial charge in [0.1, 0.15) is 0 Å². The maximum Gasteiger partial charge on any atom is 0.395 e. The number of ether oxygens (including phenoxy) is 1. The van der Waals surface area contributed by atoms with Crippen LogP contribution in [-0.4, -0.2) is 38.0 Å². The van der Waals surface area contributed by atoms with Crippen LogP contribution in [0.3, 0.4) is 0 Å². The highest BCUT2D eigenvalue weighted by molar-refractivity contribution is 5.93. The summed E-state index contributed by atoms with van der Waals surface area (Å²) in [5, 5.41) is 2.34. The molecule has 1 aliphatic rings. The van der Waals surface area contributed by atoms with Crippen LogP contribution in [-0.2, 0) is 4.74 Å². The lowest BCUT2D eigenvalue weighted by atomic mass is 9.84. The number of carbonyl (C=O) groups excluding carboxylic acids is 1. The Labute approximate surface area is 146 Å². The average Bonchev–Trinajstić information content (AvgIpc) is 2.57. The summed E-state index contributed by atoms with van der Waals surface area (Å²) in [6, 6.07) is 4.67. The number of carbonyl (C=O) groups is 1. The second-order valence-corrected chi connectivity index (χ2v) is 6.23. The SMILES string of the molecule is CNC(=O)c1ccc(C(CC2OCCCC2C(F)(F)F)C(F)(F)F)cc1. The first-order chi connectivity index (χ1) is 12.0. The van der Waals surface area contributed by atoms with Gasteiger partial charge in [-0.2, -0.15) is 26.3 Å². The van der Waals surface area contributed by atoms with E-state index in [4.69, 9.17) is 4.74 Å². The highest BCUT2D eigenvalue weighted by Crippen LogP contribution is 2.44. The molecule has 1 aromatic carbocycles. The van der Waals surface area contributed by atoms with Gasteiger partial charge in [-0.1, -0.05) is 12.1 Å². The lowest BCUT2D eigenvalue weighted by Gasteiger charge is -2.35. The van der Waals surface area contributed by atoms with Crippen LogP contribution in [0.5, 0.6) is 0 Å². The quantitative estimate of drug-likeness (QED) is 0.781. The predicted molar refractivity (Wildman–Crippen MR) is 81.8 cm³/mol. The summed E-state index contributed by atoms with van der Waals surface area (Å²) in [6.45, 7) is 0.0113. The van der Waals surface area contributed by atoms with Gasteiger partial charge in [0.25, 0.3) is 5.91 Å². The van der Waals surface area contributed by atoms with Crippen molar-refractivity contribution < 1.29 is 35.9 Å². The summed E-state index contributed by atoms with van der Waals surface area (Å²) in [4.78, 5) is 11.5. The first kappa shape index (κ1) is 20.5. The van der Waals surface area contributed by atoms with Gasteiger partial charge >= 0.3 is 12.4 Å². The van der Waals surface area contributed by atoms with Crippen molar-refractivity contribution in [1.82, 2.24) is 5.32 Å². The lowest BCUT2D eigenvalue weighted by molar-refractivity contribution is -0.230. The van der Waals surface area contributed by atoms with E-state index in [0.29, 0.717) is 0 Å². The Morgan fingerprint density at radius 2 is 1.81 bits per heavy atom. The van der Waals surface area contributed by atoms with Crippen LogP contribution in [0, 0.1) is 5.92 Å². The maximum atomic E-state index is 13.5. The van der Waals surface area contributed by atoms with E-state index < -0.39 is 42.6 Å². The minimum Gasteiger partial charge on any atom is -0.378 e. The van der Waals surface area contributed by atoms with Crippen LogP contribution < -0.4 is 5.32 Å². The first-order valence-electron chi connectivity index (χ1n) is 8.11. The normalized spacial score (nSPS) is 22.7. The third-order valence-corrected chi connectivity index (χ3v) is 4.53. The molecule has 3 nitrogen and oxygen atoms in total. The van der Waals surface area contributed by atoms with Gasteiger partial charge in [-0.3, -0.25) is 4.79 Å². The van der Waals surface area contributed by atoms with E-state index in [1.54, 1.807) is 0 Å². The van der Waals surface area contributed by atoms with Crippen molar-refractivity contribution in [2.24, 2.45) is 5.92 Å². The molecule has 0 aliphatic carbocycles. The molecule has 1 fully saturated rings. The second-order valence-electron chi connectivity index (χ2n) is 6.23. The summed E-state index contributed by atoms with van der Waals surface area (Å²) < 4.78 is 84.9. The van der Waals surface area contributed by atoms with E-state index in [9.17, 15) is 31.1 Å². The molecular weight excluding hydrogens is 364 g/mol. The van der Waals surface area contributed by atoms with Crippen LogP contribution >= 0.6 is 0 Å². The van der Waals surface area contributed by atoms with Gasteiger partial charge in [0.05, 0.1) is 17.9 Å². The Morgan fingerprint density at radius 3 is 2.31 bits per heavy atom. The Morgan fingerprint density at radius 1 is 1.19 bits per heavy atom. The highest BCUT2D eigenvalue weighted by Gasteiger charge is 2.50. The molecule has 146 valence electrons. The molecule has 3 atom stereocenters. The number of amides is 1. The number of benzene rings is 1. The van der Waals surface area contributed by atoms with Crippen molar-refractivity contribution in [3.63, 3.8) is 0 Å². The van der Waals surface area contributed by atoms with Crippen LogP contribution in [0.4, 0.5) is 26.3 Å². The number of halogens is 6. The van der Waals surface area contributed by atoms with Crippen molar-refractivity contribution >= 4 is 5.91 Å². The molecule has 1 N–H and O–H groups in total. The number of hydrogen-bond donors (Lipinski definition) is 1. The van der Waals surface area contributed by atoms with Crippen molar-refractivity contribution in [2.45, 2.75) is 43.6 Å². The largest absolute Gasteiger partial charge is 0.395 e. The van der Waals surface area contributed by atoms with Gasteiger partial charge < -0.3 is 10.1 Å². The molecule has 1 amide bonds. The molecule has 2 rings (SSSR count). The predicted octanol–water partition coefficient (Wildman–Crippen LogP) is 4.44. The molecule has 1 aliphatic heterocycles. The third kappa shape index (κ3) is 4.90. The fraction of sp³-hybridized carbons (Fsp3) is 0.588. The maximum absolute atomic E-state index is 13.5. The van der Waals surface area contributed by atoms with Gasteiger partial charge in [0.15, 0.2) is 0 Å². The van der Waals surface area contributed by atoms with Crippen molar-refractivity contribution in [1.29, 1.82) is 0 Å². The minimum absolute atomic E-state index is 0.0113. The molecule has 1 aromatic rings. The molecule has 3 unspecified atom stereocenters. The zero-order chi connectivity index (χ0) is 19.5. The van der Waals surface area contributed by atoms with E-state index in [-0.39, 0.29) is 30.6 Å². The molecule has 1 heterocycles. The topological polar surface area (TPSA) is 38.3 Å². The Kier molecular flexibility index (Phi) is 6.21. The Bertz CT molecular complexity index is 611. The van der Waals surface area contributed by atoms with Gasteiger partial charge in [-0.05, 0) is 37.0 Å². The van der Waals surface area contributed by atoms with Gasteiger partial charge in [-0.15, -0.1) is 0 Å². The highest BCUT2D eigenvalue weighted by atomic mass is 19.4. The number of nitrogens with one attached hydrogen (secondary N) is 1. The van der Waals surface area contributed by atoms with E-state index in [1.807, 2.05) is 0 Å². The van der Waals surface area contributed by atoms with Crippen molar-refractivity contribution in [2.75, 3.05) is 13.7 Å². The van der Waals surface area contributed by atoms with E-state index in [2.05, 4.69) is 5.32 Å². The molecule has 9 heteroatoms. The van der Waals surface area contributed by atoms with Crippen LogP contribution in [0.2, 0.25) is 0 Å². The van der Waals surface area contributed by atoms with Gasteiger partial charge in [0, 0.05) is 19.2 Å². The first-order valence-corrected chi connectivity index (χ1v) is 8.11. The van der Waals surface area contributed by atoms with Crippen LogP contribution in [0.15, 0.2) is 24.3 Å². The average molecular weight is 383 g/mol. The number of alkyl halides is 6. The Hall–Kier alpha value is -1.77. The fourth-order valence-electron chi connectivity index (χ4n) is 3.15. The summed E-state index contributed by atoms with van der Waals surface area (Å²) in [6.07, 6.45) is -11.8. The zero-order valence-corrected chi connectivity index (χ0v) is 14.0. The molecule has 1 saturated heterocycles. The van der Waals surface area contributed by atoms with E-state index in [0.717, 1.165) is 12.1 Å². The van der Waals surface area contributed by atoms with Gasteiger partial charge in [-0.25, -0.2) is 0 Å². The standard InChI is InChI=1S/C17H19F6NO2/c1-24-15(25)11-6-4-10(5-7-11)13(17(21,22)23)9-14-12(16(18,19)20)3-2-8-26-14/h4-7,12-14H,2-3,8-9H2,1H3,(H,24,25). The van der Waals surface area contributed by atoms with Crippen molar-refractivity contribution in [3.8, 4) is 0 Å². The van der Waals surface area contributed by atoms with Gasteiger partial charge in [0.2, 0.25) is 0 Å².